The summed E-state index contributed by atoms with van der Waals surface area (Å²) in [5.74, 6) is 0.566. The SMILES string of the molecule is CNc1cc(C(=O)NC[C@H](C)n2nc(C)cc2C)ccn1. The molecule has 2 rings (SSSR count). The Morgan fingerprint density at radius 3 is 2.76 bits per heavy atom. The highest BCUT2D eigenvalue weighted by molar-refractivity contribution is 5.94. The highest BCUT2D eigenvalue weighted by Gasteiger charge is 2.12. The molecule has 2 aromatic heterocycles. The van der Waals surface area contributed by atoms with Crippen molar-refractivity contribution in [2.45, 2.75) is 26.8 Å². The monoisotopic (exact) mass is 287 g/mol. The van der Waals surface area contributed by atoms with Crippen LogP contribution in [-0.2, 0) is 0 Å². The molecule has 0 bridgehead atoms. The van der Waals surface area contributed by atoms with Gasteiger partial charge in [-0.1, -0.05) is 0 Å². The van der Waals surface area contributed by atoms with Crippen LogP contribution in [0.1, 0.15) is 34.7 Å². The van der Waals surface area contributed by atoms with E-state index < -0.39 is 0 Å². The summed E-state index contributed by atoms with van der Waals surface area (Å²) in [5, 5.41) is 10.3. The van der Waals surface area contributed by atoms with Gasteiger partial charge in [0.05, 0.1) is 11.7 Å². The Labute approximate surface area is 124 Å². The Morgan fingerprint density at radius 2 is 2.14 bits per heavy atom. The van der Waals surface area contributed by atoms with Crippen molar-refractivity contribution < 1.29 is 4.79 Å². The molecule has 0 saturated heterocycles. The number of rotatable bonds is 5. The first-order valence-electron chi connectivity index (χ1n) is 6.96. The maximum atomic E-state index is 12.1. The summed E-state index contributed by atoms with van der Waals surface area (Å²) in [6.45, 7) is 6.54. The van der Waals surface area contributed by atoms with E-state index in [1.807, 2.05) is 31.5 Å². The van der Waals surface area contributed by atoms with Crippen LogP contribution in [0.4, 0.5) is 5.82 Å². The highest BCUT2D eigenvalue weighted by Crippen LogP contribution is 2.10. The molecule has 0 radical (unpaired) electrons. The van der Waals surface area contributed by atoms with Gasteiger partial charge in [-0.05, 0) is 39.0 Å². The lowest BCUT2D eigenvalue weighted by molar-refractivity contribution is 0.0947. The minimum absolute atomic E-state index is 0.105. The summed E-state index contributed by atoms with van der Waals surface area (Å²) in [6.07, 6.45) is 1.62. The third-order valence-electron chi connectivity index (χ3n) is 3.30. The van der Waals surface area contributed by atoms with Gasteiger partial charge in [-0.25, -0.2) is 4.98 Å². The number of aromatic nitrogens is 3. The Hall–Kier alpha value is -2.37. The normalized spacial score (nSPS) is 12.0. The average Bonchev–Trinajstić information content (AvgIpc) is 2.83. The minimum Gasteiger partial charge on any atom is -0.373 e. The van der Waals surface area contributed by atoms with Crippen molar-refractivity contribution >= 4 is 11.7 Å². The number of anilines is 1. The number of carbonyl (C=O) groups is 1. The van der Waals surface area contributed by atoms with Gasteiger partial charge in [-0.3, -0.25) is 9.48 Å². The molecule has 0 spiro atoms. The van der Waals surface area contributed by atoms with Crippen molar-refractivity contribution in [2.75, 3.05) is 18.9 Å². The molecule has 21 heavy (non-hydrogen) atoms. The van der Waals surface area contributed by atoms with E-state index in [-0.39, 0.29) is 11.9 Å². The largest absolute Gasteiger partial charge is 0.373 e. The molecule has 0 aromatic carbocycles. The van der Waals surface area contributed by atoms with Crippen molar-refractivity contribution in [3.63, 3.8) is 0 Å². The minimum atomic E-state index is -0.109. The van der Waals surface area contributed by atoms with Crippen molar-refractivity contribution in [2.24, 2.45) is 0 Å². The van der Waals surface area contributed by atoms with Gasteiger partial charge in [0.15, 0.2) is 0 Å². The molecule has 0 aliphatic heterocycles. The van der Waals surface area contributed by atoms with Crippen LogP contribution in [0, 0.1) is 13.8 Å². The second kappa shape index (κ2) is 6.39. The van der Waals surface area contributed by atoms with Gasteiger partial charge in [-0.2, -0.15) is 5.10 Å². The van der Waals surface area contributed by atoms with E-state index in [1.54, 1.807) is 25.4 Å². The van der Waals surface area contributed by atoms with Crippen LogP contribution in [0.15, 0.2) is 24.4 Å². The summed E-state index contributed by atoms with van der Waals surface area (Å²) >= 11 is 0. The summed E-state index contributed by atoms with van der Waals surface area (Å²) in [5.41, 5.74) is 2.67. The molecule has 0 fully saturated rings. The fraction of sp³-hybridized carbons (Fsp3) is 0.400. The molecule has 0 aliphatic carbocycles. The molecule has 0 aliphatic rings. The van der Waals surface area contributed by atoms with Crippen LogP contribution < -0.4 is 10.6 Å². The van der Waals surface area contributed by atoms with Crippen molar-refractivity contribution in [1.29, 1.82) is 0 Å². The Bertz CT molecular complexity index is 635. The molecule has 2 heterocycles. The fourth-order valence-electron chi connectivity index (χ4n) is 2.23. The van der Waals surface area contributed by atoms with Gasteiger partial charge in [0.2, 0.25) is 0 Å². The van der Waals surface area contributed by atoms with Gasteiger partial charge in [0.1, 0.15) is 5.82 Å². The van der Waals surface area contributed by atoms with E-state index in [9.17, 15) is 4.79 Å². The molecule has 1 atom stereocenters. The number of aryl methyl sites for hydroxylation is 2. The highest BCUT2D eigenvalue weighted by atomic mass is 16.1. The maximum absolute atomic E-state index is 12.1. The molecule has 1 amide bonds. The summed E-state index contributed by atoms with van der Waals surface area (Å²) in [7, 11) is 1.77. The van der Waals surface area contributed by atoms with E-state index in [0.717, 1.165) is 11.4 Å². The van der Waals surface area contributed by atoms with E-state index in [2.05, 4.69) is 20.7 Å². The Morgan fingerprint density at radius 1 is 1.38 bits per heavy atom. The molecule has 0 unspecified atom stereocenters. The number of pyridine rings is 1. The number of nitrogens with one attached hydrogen (secondary N) is 2. The lowest BCUT2D eigenvalue weighted by atomic mass is 10.2. The van der Waals surface area contributed by atoms with Crippen molar-refractivity contribution in [3.8, 4) is 0 Å². The van der Waals surface area contributed by atoms with Crippen molar-refractivity contribution in [1.82, 2.24) is 20.1 Å². The van der Waals surface area contributed by atoms with E-state index in [1.165, 1.54) is 0 Å². The Kier molecular flexibility index (Phi) is 4.57. The molecule has 2 N–H and O–H groups in total. The van der Waals surface area contributed by atoms with Gasteiger partial charge < -0.3 is 10.6 Å². The predicted octanol–water partition coefficient (Wildman–Crippen LogP) is 1.93. The first kappa shape index (κ1) is 15.0. The van der Waals surface area contributed by atoms with Gasteiger partial charge in [0, 0.05) is 31.0 Å². The van der Waals surface area contributed by atoms with Gasteiger partial charge in [0.25, 0.3) is 5.91 Å². The lowest BCUT2D eigenvalue weighted by Gasteiger charge is -2.15. The number of hydrogen-bond acceptors (Lipinski definition) is 4. The van der Waals surface area contributed by atoms with Crippen LogP contribution >= 0.6 is 0 Å². The average molecular weight is 287 g/mol. The molecule has 6 heteroatoms. The third-order valence-corrected chi connectivity index (χ3v) is 3.30. The molecule has 6 nitrogen and oxygen atoms in total. The third kappa shape index (κ3) is 3.59. The quantitative estimate of drug-likeness (QED) is 0.881. The zero-order valence-electron chi connectivity index (χ0n) is 12.8. The first-order chi connectivity index (χ1) is 10.0. The number of hydrogen-bond donors (Lipinski definition) is 2. The summed E-state index contributed by atoms with van der Waals surface area (Å²) in [6, 6.07) is 5.56. The summed E-state index contributed by atoms with van der Waals surface area (Å²) in [4.78, 5) is 16.2. The zero-order valence-corrected chi connectivity index (χ0v) is 12.8. The fourth-order valence-corrected chi connectivity index (χ4v) is 2.23. The number of carbonyl (C=O) groups excluding carboxylic acids is 1. The molecular formula is C15H21N5O. The molecule has 0 saturated carbocycles. The second-order valence-electron chi connectivity index (χ2n) is 5.11. The van der Waals surface area contributed by atoms with Gasteiger partial charge in [-0.15, -0.1) is 0 Å². The first-order valence-corrected chi connectivity index (χ1v) is 6.96. The standard InChI is InChI=1S/C15H21N5O/c1-10-7-11(2)20(19-10)12(3)9-18-15(21)13-5-6-17-14(8-13)16-4/h5-8,12H,9H2,1-4H3,(H,16,17)(H,18,21)/t12-/m0/s1. The Balaban J connectivity index is 1.98. The smallest absolute Gasteiger partial charge is 0.251 e. The van der Waals surface area contributed by atoms with Gasteiger partial charge >= 0.3 is 0 Å². The molecule has 2 aromatic rings. The summed E-state index contributed by atoms with van der Waals surface area (Å²) < 4.78 is 1.93. The lowest BCUT2D eigenvalue weighted by Crippen LogP contribution is -2.30. The van der Waals surface area contributed by atoms with Crippen LogP contribution in [0.2, 0.25) is 0 Å². The van der Waals surface area contributed by atoms with Crippen LogP contribution in [-0.4, -0.2) is 34.3 Å². The van der Waals surface area contributed by atoms with Crippen LogP contribution in [0.3, 0.4) is 0 Å². The molecule has 112 valence electrons. The predicted molar refractivity (Wildman–Crippen MR) is 82.5 cm³/mol. The number of nitrogens with zero attached hydrogens (tertiary/aromatic N) is 3. The number of amides is 1. The van der Waals surface area contributed by atoms with Crippen LogP contribution in [0.25, 0.3) is 0 Å². The maximum Gasteiger partial charge on any atom is 0.251 e. The molecular weight excluding hydrogens is 266 g/mol. The zero-order chi connectivity index (χ0) is 15.4. The van der Waals surface area contributed by atoms with E-state index in [4.69, 9.17) is 0 Å². The topological polar surface area (TPSA) is 71.8 Å². The van der Waals surface area contributed by atoms with Crippen LogP contribution in [0.5, 0.6) is 0 Å². The van der Waals surface area contributed by atoms with E-state index in [0.29, 0.717) is 17.9 Å². The second-order valence-corrected chi connectivity index (χ2v) is 5.11. The van der Waals surface area contributed by atoms with Crippen molar-refractivity contribution in [3.05, 3.63) is 41.3 Å². The van der Waals surface area contributed by atoms with E-state index >= 15 is 0 Å².